The van der Waals surface area contributed by atoms with Gasteiger partial charge >= 0.3 is 6.09 Å². The maximum Gasteiger partial charge on any atom is 0.423 e. The van der Waals surface area contributed by atoms with E-state index in [2.05, 4.69) is 16.0 Å². The molecule has 0 saturated carbocycles. The second kappa shape index (κ2) is 7.93. The van der Waals surface area contributed by atoms with Gasteiger partial charge in [0, 0.05) is 7.05 Å². The zero-order chi connectivity index (χ0) is 14.5. The lowest BCUT2D eigenvalue weighted by atomic mass is 10.2. The fourth-order valence-electron chi connectivity index (χ4n) is 1.35. The molecule has 1 aromatic carbocycles. The van der Waals surface area contributed by atoms with Crippen molar-refractivity contribution in [3.05, 3.63) is 29.8 Å². The van der Waals surface area contributed by atoms with Crippen LogP contribution in [0.1, 0.15) is 12.5 Å². The molecule has 0 bridgehead atoms. The molecule has 0 spiro atoms. The molecule has 1 aromatic rings. The molecular weight excluding hydrogens is 306 g/mol. The number of carbonyl (C=O) groups is 1. The van der Waals surface area contributed by atoms with Crippen molar-refractivity contribution in [2.24, 2.45) is 0 Å². The lowest BCUT2D eigenvalue weighted by molar-refractivity contribution is -0.325. The molecule has 0 saturated heterocycles. The summed E-state index contributed by atoms with van der Waals surface area (Å²) in [7, 11) is -2.55. The first-order valence-electron chi connectivity index (χ1n) is 5.66. The number of anilines is 1. The van der Waals surface area contributed by atoms with Crippen molar-refractivity contribution >= 4 is 21.8 Å². The molecule has 0 radical (unpaired) electrons. The van der Waals surface area contributed by atoms with Gasteiger partial charge in [0.2, 0.25) is 10.0 Å². The average molecular weight is 324 g/mol. The van der Waals surface area contributed by atoms with Gasteiger partial charge in [-0.05, 0) is 24.6 Å². The number of hydrogen-bond acceptors (Lipinski definition) is 5. The average Bonchev–Trinajstić information content (AvgIpc) is 2.38. The molecule has 0 fully saturated rings. The number of nitrogens with one attached hydrogen (secondary N) is 1. The molecule has 1 amide bonds. The molecule has 0 atom stereocenters. The van der Waals surface area contributed by atoms with E-state index in [1.807, 2.05) is 0 Å². The molecule has 0 aliphatic heterocycles. The highest BCUT2D eigenvalue weighted by Gasteiger charge is 2.24. The van der Waals surface area contributed by atoms with E-state index in [4.69, 9.17) is 0 Å². The molecule has 0 unspecified atom stereocenters. The van der Waals surface area contributed by atoms with Gasteiger partial charge < -0.3 is 17.1 Å². The quantitative estimate of drug-likeness (QED) is 0.569. The largest absolute Gasteiger partial charge is 1.00 e. The first-order chi connectivity index (χ1) is 8.90. The highest BCUT2D eigenvalue weighted by atomic mass is 35.5. The standard InChI is InChI=1S/C11H17N3O4S.ClH/c1-3-18-11(15)14(2)19(16,17)8-9-4-6-10(13-12)7-5-9;/h4-7,13H,3,8,12H2,1-2H3;1H. The van der Waals surface area contributed by atoms with E-state index in [9.17, 15) is 13.2 Å². The zero-order valence-corrected chi connectivity index (χ0v) is 12.9. The van der Waals surface area contributed by atoms with Crippen LogP contribution in [0, 0.1) is 0 Å². The second-order valence-electron chi connectivity index (χ2n) is 3.80. The molecule has 0 aliphatic carbocycles. The molecular formula is C11H18ClN3O4S. The van der Waals surface area contributed by atoms with Gasteiger partial charge in [-0.3, -0.25) is 5.84 Å². The SMILES string of the molecule is CCOC(=O)N(C)S(=O)(=O)Cc1ccc(N[NH3+])cc1.[Cl-]. The first-order valence-corrected chi connectivity index (χ1v) is 7.27. The number of ether oxygens (including phenoxy) is 1. The third-order valence-corrected chi connectivity index (χ3v) is 4.13. The third-order valence-electron chi connectivity index (χ3n) is 2.45. The Labute approximate surface area is 124 Å². The predicted octanol–water partition coefficient (Wildman–Crippen LogP) is -2.82. The summed E-state index contributed by atoms with van der Waals surface area (Å²) in [5.74, 6) is 3.23. The number of rotatable bonds is 5. The highest BCUT2D eigenvalue weighted by Crippen LogP contribution is 2.13. The van der Waals surface area contributed by atoms with Crippen molar-refractivity contribution in [2.75, 3.05) is 19.1 Å². The van der Waals surface area contributed by atoms with Crippen LogP contribution in [0.2, 0.25) is 0 Å². The molecule has 4 N–H and O–H groups in total. The Bertz CT molecular complexity index is 533. The van der Waals surface area contributed by atoms with Gasteiger partial charge in [0.15, 0.2) is 0 Å². The zero-order valence-electron chi connectivity index (χ0n) is 11.3. The molecule has 20 heavy (non-hydrogen) atoms. The summed E-state index contributed by atoms with van der Waals surface area (Å²) in [6, 6.07) is 6.73. The van der Waals surface area contributed by atoms with Crippen LogP contribution in [0.5, 0.6) is 0 Å². The maximum absolute atomic E-state index is 12.0. The number of hydrogen-bond donors (Lipinski definition) is 2. The van der Waals surface area contributed by atoms with Crippen LogP contribution >= 0.6 is 0 Å². The van der Waals surface area contributed by atoms with Crippen LogP contribution in [-0.4, -0.2) is 32.5 Å². The Morgan fingerprint density at radius 1 is 1.35 bits per heavy atom. The van der Waals surface area contributed by atoms with Crippen LogP contribution < -0.4 is 23.7 Å². The van der Waals surface area contributed by atoms with Gasteiger partial charge in [-0.15, -0.1) is 0 Å². The molecule has 0 heterocycles. The molecule has 114 valence electrons. The number of benzene rings is 1. The molecule has 0 aromatic heterocycles. The summed E-state index contributed by atoms with van der Waals surface area (Å²) in [6.07, 6.45) is -0.876. The van der Waals surface area contributed by atoms with E-state index in [-0.39, 0.29) is 24.8 Å². The number of carbonyl (C=O) groups excluding carboxylic acids is 1. The van der Waals surface area contributed by atoms with E-state index < -0.39 is 16.1 Å². The number of quaternary nitrogens is 1. The van der Waals surface area contributed by atoms with E-state index >= 15 is 0 Å². The van der Waals surface area contributed by atoms with E-state index in [0.717, 1.165) is 5.69 Å². The Balaban J connectivity index is 0.00000361. The van der Waals surface area contributed by atoms with Crippen molar-refractivity contribution in [3.8, 4) is 0 Å². The lowest BCUT2D eigenvalue weighted by Crippen LogP contribution is -3.00. The summed E-state index contributed by atoms with van der Waals surface area (Å²) >= 11 is 0. The Morgan fingerprint density at radius 3 is 2.35 bits per heavy atom. The number of sulfonamides is 1. The van der Waals surface area contributed by atoms with Gasteiger partial charge in [0.1, 0.15) is 0 Å². The van der Waals surface area contributed by atoms with Crippen LogP contribution in [0.4, 0.5) is 10.5 Å². The molecule has 0 aliphatic rings. The van der Waals surface area contributed by atoms with Gasteiger partial charge in [-0.1, -0.05) is 12.1 Å². The predicted molar refractivity (Wildman–Crippen MR) is 70.4 cm³/mol. The Morgan fingerprint density at radius 2 is 1.90 bits per heavy atom. The fourth-order valence-corrected chi connectivity index (χ4v) is 2.44. The lowest BCUT2D eigenvalue weighted by Gasteiger charge is -2.16. The monoisotopic (exact) mass is 323 g/mol. The highest BCUT2D eigenvalue weighted by molar-refractivity contribution is 7.88. The van der Waals surface area contributed by atoms with Crippen LogP contribution in [0.25, 0.3) is 0 Å². The molecule has 9 heteroatoms. The minimum absolute atomic E-state index is 0. The van der Waals surface area contributed by atoms with Crippen molar-refractivity contribution in [3.63, 3.8) is 0 Å². The maximum atomic E-state index is 12.0. The summed E-state index contributed by atoms with van der Waals surface area (Å²) < 4.78 is 29.2. The van der Waals surface area contributed by atoms with E-state index in [1.54, 1.807) is 31.2 Å². The summed E-state index contributed by atoms with van der Waals surface area (Å²) in [6.45, 7) is 1.74. The number of nitrogens with zero attached hydrogens (tertiary/aromatic N) is 1. The first kappa shape index (κ1) is 18.5. The van der Waals surface area contributed by atoms with Gasteiger partial charge in [-0.25, -0.2) is 22.9 Å². The molecule has 1 rings (SSSR count). The minimum atomic E-state index is -3.73. The normalized spacial score (nSPS) is 10.3. The van der Waals surface area contributed by atoms with Crippen LogP contribution in [0.15, 0.2) is 24.3 Å². The minimum Gasteiger partial charge on any atom is -1.00 e. The number of amides is 1. The van der Waals surface area contributed by atoms with E-state index in [1.165, 1.54) is 7.05 Å². The van der Waals surface area contributed by atoms with Crippen molar-refractivity contribution < 1.29 is 36.2 Å². The van der Waals surface area contributed by atoms with Crippen molar-refractivity contribution in [1.29, 1.82) is 0 Å². The van der Waals surface area contributed by atoms with Crippen molar-refractivity contribution in [1.82, 2.24) is 4.31 Å². The summed E-state index contributed by atoms with van der Waals surface area (Å²) in [5, 5.41) is 0. The van der Waals surface area contributed by atoms with Gasteiger partial charge in [-0.2, -0.15) is 0 Å². The Kier molecular flexibility index (Phi) is 7.33. The Hall–Kier alpha value is -1.51. The van der Waals surface area contributed by atoms with Crippen LogP contribution in [-0.2, 0) is 20.5 Å². The van der Waals surface area contributed by atoms with Crippen molar-refractivity contribution in [2.45, 2.75) is 12.7 Å². The summed E-state index contributed by atoms with van der Waals surface area (Å²) in [4.78, 5) is 11.4. The smallest absolute Gasteiger partial charge is 0.423 e. The fraction of sp³-hybridized carbons (Fsp3) is 0.364. The number of halogens is 1. The van der Waals surface area contributed by atoms with Gasteiger partial charge in [0.25, 0.3) is 0 Å². The third kappa shape index (κ3) is 4.87. The van der Waals surface area contributed by atoms with Crippen LogP contribution in [0.3, 0.4) is 0 Å². The second-order valence-corrected chi connectivity index (χ2v) is 5.80. The van der Waals surface area contributed by atoms with E-state index in [0.29, 0.717) is 9.87 Å². The topological polar surface area (TPSA) is 103 Å². The van der Waals surface area contributed by atoms with Gasteiger partial charge in [0.05, 0.1) is 18.0 Å². The molecule has 7 nitrogen and oxygen atoms in total. The summed E-state index contributed by atoms with van der Waals surface area (Å²) in [5.41, 5.74) is 4.05.